The van der Waals surface area contributed by atoms with Gasteiger partial charge >= 0.3 is 0 Å². The smallest absolute Gasteiger partial charge is 0.292 e. The van der Waals surface area contributed by atoms with Crippen molar-refractivity contribution >= 4 is 16.8 Å². The first-order chi connectivity index (χ1) is 11.6. The van der Waals surface area contributed by atoms with E-state index in [2.05, 4.69) is 0 Å². The average Bonchev–Trinajstić information content (AvgIpc) is 2.60. The lowest BCUT2D eigenvalue weighted by atomic mass is 9.87. The highest BCUT2D eigenvalue weighted by Gasteiger charge is 2.26. The van der Waals surface area contributed by atoms with Crippen LogP contribution in [0.1, 0.15) is 30.4 Å². The maximum atomic E-state index is 13.1. The fourth-order valence-electron chi connectivity index (χ4n) is 2.95. The highest BCUT2D eigenvalue weighted by molar-refractivity contribution is 5.80. The molecule has 3 aromatic rings. The van der Waals surface area contributed by atoms with Crippen molar-refractivity contribution in [2.75, 3.05) is 7.11 Å². The Labute approximate surface area is 139 Å². The summed E-state index contributed by atoms with van der Waals surface area (Å²) in [5.41, 5.74) is 1.58. The number of carbonyl (C=O) groups is 1. The van der Waals surface area contributed by atoms with E-state index in [4.69, 9.17) is 9.15 Å². The third-order valence-corrected chi connectivity index (χ3v) is 4.03. The molecule has 1 aromatic heterocycles. The lowest BCUT2D eigenvalue weighted by Crippen LogP contribution is -2.18. The van der Waals surface area contributed by atoms with Gasteiger partial charge in [-0.15, -0.1) is 0 Å². The monoisotopic (exact) mass is 322 g/mol. The van der Waals surface area contributed by atoms with Gasteiger partial charge in [0, 0.05) is 12.3 Å². The van der Waals surface area contributed by atoms with Crippen LogP contribution < -0.4 is 10.2 Å². The van der Waals surface area contributed by atoms with Gasteiger partial charge in [-0.3, -0.25) is 9.59 Å². The van der Waals surface area contributed by atoms with Crippen molar-refractivity contribution in [3.63, 3.8) is 0 Å². The zero-order chi connectivity index (χ0) is 17.1. The van der Waals surface area contributed by atoms with Crippen molar-refractivity contribution in [2.24, 2.45) is 0 Å². The number of ether oxygens (including phenoxy) is 1. The number of para-hydroxylation sites is 1. The molecule has 1 atom stereocenters. The van der Waals surface area contributed by atoms with Gasteiger partial charge in [0.2, 0.25) is 5.43 Å². The third-order valence-electron chi connectivity index (χ3n) is 4.03. The topological polar surface area (TPSA) is 56.5 Å². The largest absolute Gasteiger partial charge is 0.468 e. The minimum atomic E-state index is -0.403. The number of rotatable bonds is 5. The van der Waals surface area contributed by atoms with Gasteiger partial charge in [0.05, 0.1) is 18.1 Å². The summed E-state index contributed by atoms with van der Waals surface area (Å²) in [5, 5.41) is 0.484. The third kappa shape index (κ3) is 2.95. The van der Waals surface area contributed by atoms with Crippen LogP contribution in [0, 0.1) is 0 Å². The van der Waals surface area contributed by atoms with Crippen molar-refractivity contribution in [1.82, 2.24) is 0 Å². The van der Waals surface area contributed by atoms with Crippen LogP contribution in [0.15, 0.2) is 63.8 Å². The summed E-state index contributed by atoms with van der Waals surface area (Å²) >= 11 is 0. The summed E-state index contributed by atoms with van der Waals surface area (Å²) in [4.78, 5) is 24.9. The Hall–Kier alpha value is -2.88. The molecule has 0 N–H and O–H groups in total. The van der Waals surface area contributed by atoms with E-state index in [9.17, 15) is 9.59 Å². The van der Waals surface area contributed by atoms with E-state index in [1.54, 1.807) is 24.3 Å². The predicted molar refractivity (Wildman–Crippen MR) is 92.6 cm³/mol. The molecule has 122 valence electrons. The van der Waals surface area contributed by atoms with Crippen molar-refractivity contribution < 1.29 is 13.9 Å². The second kappa shape index (κ2) is 6.71. The molecule has 0 aliphatic carbocycles. The maximum Gasteiger partial charge on any atom is 0.292 e. The summed E-state index contributed by atoms with van der Waals surface area (Å²) < 4.78 is 11.1. The molecule has 0 unspecified atom stereocenters. The van der Waals surface area contributed by atoms with E-state index in [1.807, 2.05) is 30.3 Å². The van der Waals surface area contributed by atoms with Crippen LogP contribution in [0.2, 0.25) is 0 Å². The minimum absolute atomic E-state index is 0.00142. The molecule has 24 heavy (non-hydrogen) atoms. The fraction of sp³-hybridized carbons (Fsp3) is 0.200. The summed E-state index contributed by atoms with van der Waals surface area (Å²) in [6, 6.07) is 16.5. The first-order valence-corrected chi connectivity index (χ1v) is 7.76. The minimum Gasteiger partial charge on any atom is -0.468 e. The summed E-state index contributed by atoms with van der Waals surface area (Å²) in [7, 11) is 1.46. The van der Waals surface area contributed by atoms with Gasteiger partial charge < -0.3 is 9.15 Å². The Bertz CT molecular complexity index is 925. The van der Waals surface area contributed by atoms with Crippen molar-refractivity contribution in [3.8, 4) is 5.95 Å². The molecule has 0 aliphatic rings. The molecule has 0 aliphatic heterocycles. The van der Waals surface area contributed by atoms with Gasteiger partial charge in [-0.05, 0) is 24.6 Å². The second-order valence-corrected chi connectivity index (χ2v) is 5.70. The summed E-state index contributed by atoms with van der Waals surface area (Å²) in [6.07, 6.45) is 0.212. The molecule has 4 nitrogen and oxygen atoms in total. The van der Waals surface area contributed by atoms with Crippen molar-refractivity contribution in [3.05, 3.63) is 75.9 Å². The quantitative estimate of drug-likeness (QED) is 0.714. The van der Waals surface area contributed by atoms with Gasteiger partial charge in [0.1, 0.15) is 11.4 Å². The Morgan fingerprint density at radius 3 is 2.42 bits per heavy atom. The summed E-state index contributed by atoms with van der Waals surface area (Å²) in [6.45, 7) is 1.52. The number of carbonyl (C=O) groups excluding carboxylic acids is 1. The van der Waals surface area contributed by atoms with Gasteiger partial charge in [-0.2, -0.15) is 0 Å². The number of hydrogen-bond donors (Lipinski definition) is 0. The van der Waals surface area contributed by atoms with E-state index >= 15 is 0 Å². The molecular weight excluding hydrogens is 304 g/mol. The summed E-state index contributed by atoms with van der Waals surface area (Å²) in [5.74, 6) is -0.244. The van der Waals surface area contributed by atoms with E-state index in [1.165, 1.54) is 14.0 Å². The van der Waals surface area contributed by atoms with E-state index in [0.29, 0.717) is 16.5 Å². The van der Waals surface area contributed by atoms with Crippen LogP contribution in [0.3, 0.4) is 0 Å². The first kappa shape index (κ1) is 16.0. The lowest BCUT2D eigenvalue weighted by molar-refractivity contribution is -0.117. The number of benzene rings is 2. The normalized spacial score (nSPS) is 12.1. The standard InChI is InChI=1S/C20H18O4/c1-13(21)12-16(14-8-4-3-5-9-14)18-19(22)15-10-6-7-11-17(15)24-20(18)23-2/h3-11,16H,12H2,1-2H3/t16-/m1/s1. The first-order valence-electron chi connectivity index (χ1n) is 7.76. The number of hydrogen-bond acceptors (Lipinski definition) is 4. The Morgan fingerprint density at radius 2 is 1.75 bits per heavy atom. The molecule has 0 spiro atoms. The number of methoxy groups -OCH3 is 1. The molecule has 0 fully saturated rings. The van der Waals surface area contributed by atoms with Gasteiger partial charge in [-0.1, -0.05) is 42.5 Å². The molecule has 0 radical (unpaired) electrons. The van der Waals surface area contributed by atoms with Crippen LogP contribution in [-0.2, 0) is 4.79 Å². The molecule has 2 aromatic carbocycles. The van der Waals surface area contributed by atoms with Crippen LogP contribution in [0.4, 0.5) is 0 Å². The van der Waals surface area contributed by atoms with E-state index in [0.717, 1.165) is 5.56 Å². The Balaban J connectivity index is 2.29. The molecule has 0 bridgehead atoms. The fourth-order valence-corrected chi connectivity index (χ4v) is 2.95. The molecule has 4 heteroatoms. The number of fused-ring (bicyclic) bond motifs is 1. The number of ketones is 1. The molecule has 0 amide bonds. The molecule has 0 saturated heterocycles. The molecular formula is C20H18O4. The van der Waals surface area contributed by atoms with Gasteiger partial charge in [0.15, 0.2) is 0 Å². The van der Waals surface area contributed by atoms with Crippen LogP contribution in [0.5, 0.6) is 5.95 Å². The highest BCUT2D eigenvalue weighted by atomic mass is 16.6. The second-order valence-electron chi connectivity index (χ2n) is 5.70. The van der Waals surface area contributed by atoms with Crippen LogP contribution >= 0.6 is 0 Å². The highest BCUT2D eigenvalue weighted by Crippen LogP contribution is 2.34. The van der Waals surface area contributed by atoms with E-state index in [-0.39, 0.29) is 23.6 Å². The molecule has 1 heterocycles. The Morgan fingerprint density at radius 1 is 1.08 bits per heavy atom. The predicted octanol–water partition coefficient (Wildman–Crippen LogP) is 3.91. The molecule has 0 saturated carbocycles. The van der Waals surface area contributed by atoms with Gasteiger partial charge in [-0.25, -0.2) is 0 Å². The van der Waals surface area contributed by atoms with Crippen molar-refractivity contribution in [1.29, 1.82) is 0 Å². The molecule has 3 rings (SSSR count). The SMILES string of the molecule is COc1oc2ccccc2c(=O)c1[C@H](CC(C)=O)c1ccccc1. The zero-order valence-electron chi connectivity index (χ0n) is 13.6. The van der Waals surface area contributed by atoms with Crippen molar-refractivity contribution in [2.45, 2.75) is 19.3 Å². The van der Waals surface area contributed by atoms with Crippen LogP contribution in [0.25, 0.3) is 11.0 Å². The van der Waals surface area contributed by atoms with E-state index < -0.39 is 5.92 Å². The zero-order valence-corrected chi connectivity index (χ0v) is 13.6. The van der Waals surface area contributed by atoms with Gasteiger partial charge in [0.25, 0.3) is 5.95 Å². The van der Waals surface area contributed by atoms with Crippen LogP contribution in [-0.4, -0.2) is 12.9 Å². The average molecular weight is 322 g/mol. The maximum absolute atomic E-state index is 13.1. The lowest BCUT2D eigenvalue weighted by Gasteiger charge is -2.18. The Kier molecular flexibility index (Phi) is 4.47. The number of Topliss-reactive ketones (excluding diaryl/α,β-unsaturated/α-hetero) is 1.